The van der Waals surface area contributed by atoms with E-state index in [1.165, 1.54) is 26.0 Å². The number of aryl methyl sites for hydroxylation is 3. The van der Waals surface area contributed by atoms with Crippen LogP contribution in [-0.4, -0.2) is 11.5 Å². The van der Waals surface area contributed by atoms with Crippen molar-refractivity contribution in [3.8, 4) is 10.6 Å². The molecule has 2 rings (SSSR count). The van der Waals surface area contributed by atoms with Gasteiger partial charge in [0, 0.05) is 21.5 Å². The van der Waals surface area contributed by atoms with Crippen molar-refractivity contribution >= 4 is 27.3 Å². The van der Waals surface area contributed by atoms with Gasteiger partial charge in [-0.25, -0.2) is 4.98 Å². The fraction of sp³-hybridized carbons (Fsp3) is 0.438. The third-order valence-corrected chi connectivity index (χ3v) is 5.75. The zero-order valence-corrected chi connectivity index (χ0v) is 14.9. The summed E-state index contributed by atoms with van der Waals surface area (Å²) in [5.74, 6) is 0. The molecule has 1 N–H and O–H groups in total. The predicted molar refractivity (Wildman–Crippen MR) is 91.5 cm³/mol. The number of aromatic nitrogens is 1. The van der Waals surface area contributed by atoms with Gasteiger partial charge in [0.05, 0.1) is 5.69 Å². The molecule has 1 heterocycles. The van der Waals surface area contributed by atoms with Crippen LogP contribution in [0.4, 0.5) is 0 Å². The Morgan fingerprint density at radius 3 is 2.45 bits per heavy atom. The van der Waals surface area contributed by atoms with Crippen LogP contribution in [0, 0.1) is 20.8 Å². The number of hydrogen-bond acceptors (Lipinski definition) is 3. The zero-order valence-electron chi connectivity index (χ0n) is 12.5. The Balaban J connectivity index is 2.27. The minimum Gasteiger partial charge on any atom is -0.312 e. The number of hydrogen-bond donors (Lipinski definition) is 1. The fourth-order valence-electron chi connectivity index (χ4n) is 2.16. The lowest BCUT2D eigenvalue weighted by Crippen LogP contribution is -2.13. The lowest BCUT2D eigenvalue weighted by atomic mass is 10.1. The fourth-order valence-corrected chi connectivity index (χ4v) is 3.41. The van der Waals surface area contributed by atoms with Crippen molar-refractivity contribution in [1.29, 1.82) is 0 Å². The quantitative estimate of drug-likeness (QED) is 0.766. The number of benzene rings is 1. The van der Waals surface area contributed by atoms with Crippen LogP contribution in [0.3, 0.4) is 0 Å². The van der Waals surface area contributed by atoms with Crippen LogP contribution >= 0.6 is 27.3 Å². The van der Waals surface area contributed by atoms with Gasteiger partial charge >= 0.3 is 0 Å². The standard InChI is InChI=1S/C16H21BrN2S/c1-5-6-18-9-14-12(4)19-16(20-14)13-7-10(2)15(17)11(3)8-13/h7-8,18H,5-6,9H2,1-4H3. The monoisotopic (exact) mass is 352 g/mol. The molecule has 0 bridgehead atoms. The molecule has 0 aliphatic carbocycles. The molecule has 108 valence electrons. The molecule has 2 aromatic rings. The summed E-state index contributed by atoms with van der Waals surface area (Å²) in [4.78, 5) is 6.07. The Morgan fingerprint density at radius 2 is 1.85 bits per heavy atom. The van der Waals surface area contributed by atoms with Crippen LogP contribution in [0.1, 0.15) is 35.0 Å². The van der Waals surface area contributed by atoms with Gasteiger partial charge in [0.2, 0.25) is 0 Å². The largest absolute Gasteiger partial charge is 0.312 e. The van der Waals surface area contributed by atoms with Gasteiger partial charge in [-0.1, -0.05) is 22.9 Å². The average Bonchev–Trinajstić information content (AvgIpc) is 2.77. The summed E-state index contributed by atoms with van der Waals surface area (Å²) < 4.78 is 1.19. The summed E-state index contributed by atoms with van der Waals surface area (Å²) >= 11 is 5.42. The van der Waals surface area contributed by atoms with Gasteiger partial charge in [-0.05, 0) is 57.0 Å². The van der Waals surface area contributed by atoms with Crippen molar-refractivity contribution in [3.05, 3.63) is 38.3 Å². The smallest absolute Gasteiger partial charge is 0.123 e. The van der Waals surface area contributed by atoms with Crippen molar-refractivity contribution < 1.29 is 0 Å². The van der Waals surface area contributed by atoms with E-state index < -0.39 is 0 Å². The summed E-state index contributed by atoms with van der Waals surface area (Å²) in [6.07, 6.45) is 1.16. The molecule has 20 heavy (non-hydrogen) atoms. The zero-order chi connectivity index (χ0) is 14.7. The number of thiazole rings is 1. The molecule has 0 radical (unpaired) electrons. The van der Waals surface area contributed by atoms with E-state index in [1.807, 2.05) is 0 Å². The highest BCUT2D eigenvalue weighted by Gasteiger charge is 2.11. The number of nitrogens with zero attached hydrogens (tertiary/aromatic N) is 1. The number of halogens is 1. The van der Waals surface area contributed by atoms with Crippen LogP contribution in [0.15, 0.2) is 16.6 Å². The molecule has 0 aliphatic heterocycles. The average molecular weight is 353 g/mol. The molecule has 0 unspecified atom stereocenters. The van der Waals surface area contributed by atoms with Gasteiger partial charge in [-0.2, -0.15) is 0 Å². The van der Waals surface area contributed by atoms with E-state index in [9.17, 15) is 0 Å². The summed E-state index contributed by atoms with van der Waals surface area (Å²) in [6.45, 7) is 10.5. The van der Waals surface area contributed by atoms with E-state index >= 15 is 0 Å². The first-order valence-corrected chi connectivity index (χ1v) is 8.58. The highest BCUT2D eigenvalue weighted by molar-refractivity contribution is 9.10. The predicted octanol–water partition coefficient (Wildman–Crippen LogP) is 5.00. The van der Waals surface area contributed by atoms with Crippen molar-refractivity contribution in [2.45, 2.75) is 40.7 Å². The summed E-state index contributed by atoms with van der Waals surface area (Å²) in [5, 5.41) is 4.57. The minimum absolute atomic E-state index is 0.922. The third kappa shape index (κ3) is 3.48. The Bertz CT molecular complexity index is 582. The lowest BCUT2D eigenvalue weighted by Gasteiger charge is -2.05. The van der Waals surface area contributed by atoms with Crippen LogP contribution in [0.5, 0.6) is 0 Å². The second-order valence-electron chi connectivity index (χ2n) is 5.13. The first-order chi connectivity index (χ1) is 9.52. The molecule has 0 atom stereocenters. The van der Waals surface area contributed by atoms with Crippen molar-refractivity contribution in [1.82, 2.24) is 10.3 Å². The molecule has 1 aromatic heterocycles. The van der Waals surface area contributed by atoms with E-state index in [0.717, 1.165) is 30.2 Å². The maximum absolute atomic E-state index is 4.73. The molecular formula is C16H21BrN2S. The summed E-state index contributed by atoms with van der Waals surface area (Å²) in [5.41, 5.74) is 4.89. The molecule has 0 fully saturated rings. The second-order valence-corrected chi connectivity index (χ2v) is 7.01. The van der Waals surface area contributed by atoms with Crippen molar-refractivity contribution in [3.63, 3.8) is 0 Å². The van der Waals surface area contributed by atoms with Crippen LogP contribution in [0.2, 0.25) is 0 Å². The Kier molecular flexibility index (Phi) is 5.35. The maximum Gasteiger partial charge on any atom is 0.123 e. The molecule has 0 saturated heterocycles. The highest BCUT2D eigenvalue weighted by Crippen LogP contribution is 2.32. The summed E-state index contributed by atoms with van der Waals surface area (Å²) in [7, 11) is 0. The van der Waals surface area contributed by atoms with Gasteiger partial charge < -0.3 is 5.32 Å². The van der Waals surface area contributed by atoms with Crippen LogP contribution < -0.4 is 5.32 Å². The van der Waals surface area contributed by atoms with E-state index in [4.69, 9.17) is 4.98 Å². The van der Waals surface area contributed by atoms with Crippen molar-refractivity contribution in [2.75, 3.05) is 6.54 Å². The highest BCUT2D eigenvalue weighted by atomic mass is 79.9. The van der Waals surface area contributed by atoms with Gasteiger partial charge in [0.25, 0.3) is 0 Å². The van der Waals surface area contributed by atoms with Gasteiger partial charge in [0.15, 0.2) is 0 Å². The first kappa shape index (κ1) is 15.7. The first-order valence-electron chi connectivity index (χ1n) is 6.97. The van der Waals surface area contributed by atoms with Crippen LogP contribution in [-0.2, 0) is 6.54 Å². The minimum atomic E-state index is 0.922. The van der Waals surface area contributed by atoms with Crippen molar-refractivity contribution in [2.24, 2.45) is 0 Å². The molecule has 0 spiro atoms. The number of rotatable bonds is 5. The van der Waals surface area contributed by atoms with Gasteiger partial charge in [-0.15, -0.1) is 11.3 Å². The Hall–Kier alpha value is -0.710. The molecule has 0 amide bonds. The molecule has 0 saturated carbocycles. The molecule has 0 aliphatic rings. The second kappa shape index (κ2) is 6.83. The number of nitrogens with one attached hydrogen (secondary N) is 1. The van der Waals surface area contributed by atoms with Crippen LogP contribution in [0.25, 0.3) is 10.6 Å². The molecular weight excluding hydrogens is 332 g/mol. The van der Waals surface area contributed by atoms with Gasteiger partial charge in [0.1, 0.15) is 5.01 Å². The van der Waals surface area contributed by atoms with E-state index in [0.29, 0.717) is 0 Å². The molecule has 1 aromatic carbocycles. The summed E-state index contributed by atoms with van der Waals surface area (Å²) in [6, 6.07) is 4.41. The topological polar surface area (TPSA) is 24.9 Å². The van der Waals surface area contributed by atoms with E-state index in [1.54, 1.807) is 11.3 Å². The SMILES string of the molecule is CCCNCc1sc(-c2cc(C)c(Br)c(C)c2)nc1C. The third-order valence-electron chi connectivity index (χ3n) is 3.29. The van der Waals surface area contributed by atoms with E-state index in [-0.39, 0.29) is 0 Å². The Labute approximate surface area is 133 Å². The van der Waals surface area contributed by atoms with E-state index in [2.05, 4.69) is 61.1 Å². The Morgan fingerprint density at radius 1 is 1.20 bits per heavy atom. The van der Waals surface area contributed by atoms with Gasteiger partial charge in [-0.3, -0.25) is 0 Å². The maximum atomic E-state index is 4.73. The molecule has 4 heteroatoms. The normalized spacial score (nSPS) is 11.1. The lowest BCUT2D eigenvalue weighted by molar-refractivity contribution is 0.678. The molecule has 2 nitrogen and oxygen atoms in total.